The van der Waals surface area contributed by atoms with E-state index < -0.39 is 30.0 Å². The highest BCUT2D eigenvalue weighted by molar-refractivity contribution is 5.94. The third-order valence-electron chi connectivity index (χ3n) is 4.91. The number of benzene rings is 1. The Labute approximate surface area is 174 Å². The molecule has 2 atom stereocenters. The lowest BCUT2D eigenvalue weighted by Crippen LogP contribution is -2.47. The van der Waals surface area contributed by atoms with Gasteiger partial charge in [-0.2, -0.15) is 18.4 Å². The number of carbonyl (C=O) groups excluding carboxylic acids is 2. The second-order valence-electron chi connectivity index (χ2n) is 7.14. The van der Waals surface area contributed by atoms with Crippen LogP contribution in [0.1, 0.15) is 35.6 Å². The summed E-state index contributed by atoms with van der Waals surface area (Å²) in [6.07, 6.45) is -3.26. The molecule has 0 fully saturated rings. The third kappa shape index (κ3) is 4.60. The zero-order chi connectivity index (χ0) is 22.9. The van der Waals surface area contributed by atoms with E-state index in [0.29, 0.717) is 0 Å². The van der Waals surface area contributed by atoms with Gasteiger partial charge in [-0.25, -0.2) is 14.2 Å². The van der Waals surface area contributed by atoms with E-state index in [2.05, 4.69) is 10.3 Å². The summed E-state index contributed by atoms with van der Waals surface area (Å²) in [6, 6.07) is 2.23. The number of fused-ring (bicyclic) bond motifs is 1. The first-order chi connectivity index (χ1) is 14.5. The van der Waals surface area contributed by atoms with E-state index >= 15 is 0 Å². The molecule has 3 rings (SSSR count). The van der Waals surface area contributed by atoms with Gasteiger partial charge in [-0.3, -0.25) is 4.79 Å². The van der Waals surface area contributed by atoms with Gasteiger partial charge in [-0.1, -0.05) is 0 Å². The third-order valence-corrected chi connectivity index (χ3v) is 4.91. The van der Waals surface area contributed by atoms with Gasteiger partial charge in [0.1, 0.15) is 17.9 Å². The highest BCUT2D eigenvalue weighted by atomic mass is 19.4. The van der Waals surface area contributed by atoms with Crippen LogP contribution in [0.2, 0.25) is 0 Å². The van der Waals surface area contributed by atoms with E-state index in [1.807, 2.05) is 5.32 Å². The SMILES string of the molecule is C[C@@H]1Cn2cnc(C(=O)N[C@H](C)C(F)(F)F)c2CN1C(=O)Nc1ccc(F)c(C#N)c1. The molecule has 0 unspecified atom stereocenters. The number of hydrogen-bond acceptors (Lipinski definition) is 4. The van der Waals surface area contributed by atoms with Gasteiger partial charge in [0.05, 0.1) is 24.1 Å². The van der Waals surface area contributed by atoms with Gasteiger partial charge in [-0.15, -0.1) is 0 Å². The van der Waals surface area contributed by atoms with Crippen LogP contribution in [0.25, 0.3) is 0 Å². The fraction of sp³-hybridized carbons (Fsp3) is 0.368. The fourth-order valence-electron chi connectivity index (χ4n) is 3.12. The number of nitrogens with zero attached hydrogens (tertiary/aromatic N) is 4. The lowest BCUT2D eigenvalue weighted by Gasteiger charge is -2.34. The van der Waals surface area contributed by atoms with Crippen LogP contribution in [0.4, 0.5) is 28.0 Å². The number of nitrogens with one attached hydrogen (secondary N) is 2. The summed E-state index contributed by atoms with van der Waals surface area (Å²) in [5.74, 6) is -1.72. The molecule has 8 nitrogen and oxygen atoms in total. The first-order valence-corrected chi connectivity index (χ1v) is 9.20. The second kappa shape index (κ2) is 8.25. The molecule has 164 valence electrons. The summed E-state index contributed by atoms with van der Waals surface area (Å²) in [5.41, 5.74) is 0.0535. The van der Waals surface area contributed by atoms with Crippen LogP contribution < -0.4 is 10.6 Å². The van der Waals surface area contributed by atoms with Gasteiger partial charge in [0, 0.05) is 18.3 Å². The van der Waals surface area contributed by atoms with Crippen molar-refractivity contribution in [1.82, 2.24) is 19.8 Å². The van der Waals surface area contributed by atoms with E-state index in [9.17, 15) is 27.2 Å². The maximum atomic E-state index is 13.5. The molecule has 0 radical (unpaired) electrons. The standard InChI is InChI=1S/C19H18F4N6O2/c1-10-7-28-9-25-16(17(30)26-11(2)19(21,22)23)15(28)8-29(10)18(31)27-13-3-4-14(20)12(5-13)6-24/h3-5,9-11H,7-8H2,1-2H3,(H,26,30)(H,27,31)/t10-,11-/m1/s1. The second-order valence-corrected chi connectivity index (χ2v) is 7.14. The Morgan fingerprint density at radius 2 is 2.06 bits per heavy atom. The summed E-state index contributed by atoms with van der Waals surface area (Å²) in [6.45, 7) is 2.76. The topological polar surface area (TPSA) is 103 Å². The van der Waals surface area contributed by atoms with Crippen molar-refractivity contribution in [3.8, 4) is 6.07 Å². The van der Waals surface area contributed by atoms with Gasteiger partial charge < -0.3 is 20.1 Å². The number of halogens is 4. The van der Waals surface area contributed by atoms with Gasteiger partial charge in [0.15, 0.2) is 5.69 Å². The molecule has 2 aromatic rings. The molecule has 3 amide bonds. The van der Waals surface area contributed by atoms with Crippen LogP contribution in [-0.4, -0.2) is 44.6 Å². The van der Waals surface area contributed by atoms with Crippen LogP contribution in [0.5, 0.6) is 0 Å². The molecule has 0 aliphatic carbocycles. The molecule has 31 heavy (non-hydrogen) atoms. The number of anilines is 1. The molecule has 2 heterocycles. The Morgan fingerprint density at radius 1 is 1.35 bits per heavy atom. The number of imidazole rings is 1. The summed E-state index contributed by atoms with van der Waals surface area (Å²) in [7, 11) is 0. The van der Waals surface area contributed by atoms with Crippen molar-refractivity contribution >= 4 is 17.6 Å². The van der Waals surface area contributed by atoms with Crippen molar-refractivity contribution in [2.45, 2.75) is 45.2 Å². The molecular formula is C19H18F4N6O2. The summed E-state index contributed by atoms with van der Waals surface area (Å²) >= 11 is 0. The summed E-state index contributed by atoms with van der Waals surface area (Å²) in [4.78, 5) is 30.4. The highest BCUT2D eigenvalue weighted by Crippen LogP contribution is 2.24. The largest absolute Gasteiger partial charge is 0.408 e. The Bertz CT molecular complexity index is 1060. The lowest BCUT2D eigenvalue weighted by atomic mass is 10.1. The number of rotatable bonds is 3. The highest BCUT2D eigenvalue weighted by Gasteiger charge is 2.38. The van der Waals surface area contributed by atoms with Crippen LogP contribution in [0.15, 0.2) is 24.5 Å². The molecule has 1 aromatic carbocycles. The first-order valence-electron chi connectivity index (χ1n) is 9.20. The van der Waals surface area contributed by atoms with Crippen LogP contribution in [-0.2, 0) is 13.1 Å². The van der Waals surface area contributed by atoms with E-state index in [4.69, 9.17) is 5.26 Å². The van der Waals surface area contributed by atoms with Crippen molar-refractivity contribution in [2.24, 2.45) is 0 Å². The van der Waals surface area contributed by atoms with E-state index in [1.165, 1.54) is 23.4 Å². The van der Waals surface area contributed by atoms with Gasteiger partial charge in [0.2, 0.25) is 0 Å². The number of carbonyl (C=O) groups is 2. The fourth-order valence-corrected chi connectivity index (χ4v) is 3.12. The summed E-state index contributed by atoms with van der Waals surface area (Å²) < 4.78 is 53.3. The van der Waals surface area contributed by atoms with Crippen LogP contribution in [0, 0.1) is 17.1 Å². The molecule has 1 aliphatic heterocycles. The first kappa shape index (κ1) is 22.1. The molecular weight excluding hydrogens is 420 g/mol. The lowest BCUT2D eigenvalue weighted by molar-refractivity contribution is -0.149. The predicted molar refractivity (Wildman–Crippen MR) is 100 cm³/mol. The number of aromatic nitrogens is 2. The minimum Gasteiger partial charge on any atom is -0.339 e. The van der Waals surface area contributed by atoms with Crippen molar-refractivity contribution in [3.05, 3.63) is 47.3 Å². The minimum atomic E-state index is -4.60. The van der Waals surface area contributed by atoms with E-state index in [1.54, 1.807) is 17.6 Å². The average molecular weight is 438 g/mol. The number of alkyl halides is 3. The molecule has 0 bridgehead atoms. The molecule has 0 spiro atoms. The monoisotopic (exact) mass is 438 g/mol. The maximum Gasteiger partial charge on any atom is 0.408 e. The predicted octanol–water partition coefficient (Wildman–Crippen LogP) is 3.01. The summed E-state index contributed by atoms with van der Waals surface area (Å²) in [5, 5.41) is 13.3. The smallest absolute Gasteiger partial charge is 0.339 e. The van der Waals surface area contributed by atoms with Crippen molar-refractivity contribution in [2.75, 3.05) is 5.32 Å². The molecule has 0 saturated carbocycles. The van der Waals surface area contributed by atoms with Crippen molar-refractivity contribution in [3.63, 3.8) is 0 Å². The van der Waals surface area contributed by atoms with Crippen LogP contribution >= 0.6 is 0 Å². The van der Waals surface area contributed by atoms with Gasteiger partial charge in [0.25, 0.3) is 5.91 Å². The Kier molecular flexibility index (Phi) is 5.88. The van der Waals surface area contributed by atoms with Crippen molar-refractivity contribution in [1.29, 1.82) is 5.26 Å². The van der Waals surface area contributed by atoms with Gasteiger partial charge in [-0.05, 0) is 32.0 Å². The normalized spacial score (nSPS) is 16.8. The Balaban J connectivity index is 1.78. The number of urea groups is 1. The zero-order valence-corrected chi connectivity index (χ0v) is 16.5. The van der Waals surface area contributed by atoms with Crippen molar-refractivity contribution < 1.29 is 27.2 Å². The molecule has 2 N–H and O–H groups in total. The number of hydrogen-bond donors (Lipinski definition) is 2. The van der Waals surface area contributed by atoms with Crippen LogP contribution in [0.3, 0.4) is 0 Å². The molecule has 12 heteroatoms. The van der Waals surface area contributed by atoms with E-state index in [0.717, 1.165) is 13.0 Å². The van der Waals surface area contributed by atoms with Gasteiger partial charge >= 0.3 is 12.2 Å². The molecule has 0 saturated heterocycles. The quantitative estimate of drug-likeness (QED) is 0.719. The maximum absolute atomic E-state index is 13.5. The molecule has 1 aliphatic rings. The molecule has 1 aromatic heterocycles. The number of nitriles is 1. The minimum absolute atomic E-state index is 0.0809. The number of amides is 3. The Morgan fingerprint density at radius 3 is 2.71 bits per heavy atom. The zero-order valence-electron chi connectivity index (χ0n) is 16.5. The average Bonchev–Trinajstić information content (AvgIpc) is 3.10. The van der Waals surface area contributed by atoms with E-state index in [-0.39, 0.29) is 41.8 Å². The Hall–Kier alpha value is -3.62.